The Kier molecular flexibility index (Phi) is 5.17. The van der Waals surface area contributed by atoms with E-state index in [-0.39, 0.29) is 17.1 Å². The second-order valence-electron chi connectivity index (χ2n) is 3.11. The number of thioether (sulfide) groups is 2. The van der Waals surface area contributed by atoms with Crippen LogP contribution < -0.4 is 5.32 Å². The highest BCUT2D eigenvalue weighted by Crippen LogP contribution is 2.17. The van der Waals surface area contributed by atoms with Gasteiger partial charge < -0.3 is 5.32 Å². The van der Waals surface area contributed by atoms with Gasteiger partial charge >= 0.3 is 0 Å². The summed E-state index contributed by atoms with van der Waals surface area (Å²) >= 11 is 2.83. The van der Waals surface area contributed by atoms with E-state index >= 15 is 0 Å². The van der Waals surface area contributed by atoms with E-state index < -0.39 is 0 Å². The van der Waals surface area contributed by atoms with E-state index in [0.29, 0.717) is 12.3 Å². The molecule has 1 aliphatic rings. The molecule has 0 aromatic carbocycles. The molecule has 84 valence electrons. The van der Waals surface area contributed by atoms with Crippen LogP contribution in [0.1, 0.15) is 13.8 Å². The smallest absolute Gasteiger partial charge is 0.245 e. The number of amides is 1. The minimum absolute atomic E-state index is 0.0384. The van der Waals surface area contributed by atoms with Crippen LogP contribution in [0.4, 0.5) is 0 Å². The highest BCUT2D eigenvalue weighted by atomic mass is 32.2. The maximum atomic E-state index is 11.5. The van der Waals surface area contributed by atoms with E-state index in [2.05, 4.69) is 10.3 Å². The highest BCUT2D eigenvalue weighted by Gasteiger charge is 2.22. The first kappa shape index (κ1) is 12.6. The SMILES string of the molecule is CC(=O)SCCNC(=O)C1CSC(C)=N1. The molecule has 0 radical (unpaired) electrons. The molecule has 6 heteroatoms. The number of carbonyl (C=O) groups excluding carboxylic acids is 2. The van der Waals surface area contributed by atoms with Gasteiger partial charge in [0.1, 0.15) is 6.04 Å². The summed E-state index contributed by atoms with van der Waals surface area (Å²) in [6.07, 6.45) is 0. The minimum Gasteiger partial charge on any atom is -0.353 e. The van der Waals surface area contributed by atoms with Gasteiger partial charge in [-0.15, -0.1) is 11.8 Å². The molecular formula is C9H14N2O2S2. The van der Waals surface area contributed by atoms with Gasteiger partial charge in [-0.3, -0.25) is 14.6 Å². The van der Waals surface area contributed by atoms with Crippen molar-refractivity contribution in [2.24, 2.45) is 4.99 Å². The molecule has 15 heavy (non-hydrogen) atoms. The molecule has 0 aliphatic carbocycles. The zero-order chi connectivity index (χ0) is 11.3. The molecule has 0 aromatic rings. The Hall–Kier alpha value is -0.490. The summed E-state index contributed by atoms with van der Waals surface area (Å²) in [7, 11) is 0. The summed E-state index contributed by atoms with van der Waals surface area (Å²) in [6.45, 7) is 3.95. The van der Waals surface area contributed by atoms with E-state index in [1.165, 1.54) is 18.7 Å². The third-order valence-electron chi connectivity index (χ3n) is 1.80. The fraction of sp³-hybridized carbons (Fsp3) is 0.667. The Bertz CT molecular complexity index is 292. The van der Waals surface area contributed by atoms with E-state index in [1.807, 2.05) is 6.92 Å². The second-order valence-corrected chi connectivity index (χ2v) is 5.59. The highest BCUT2D eigenvalue weighted by molar-refractivity contribution is 8.14. The molecule has 0 saturated heterocycles. The summed E-state index contributed by atoms with van der Waals surface area (Å²) in [4.78, 5) is 26.3. The van der Waals surface area contributed by atoms with Crippen LogP contribution in [0.3, 0.4) is 0 Å². The molecule has 0 saturated carbocycles. The molecule has 0 spiro atoms. The third-order valence-corrected chi connectivity index (χ3v) is 3.62. The van der Waals surface area contributed by atoms with Crippen molar-refractivity contribution in [3.05, 3.63) is 0 Å². The normalized spacial score (nSPS) is 19.9. The molecule has 1 heterocycles. The third kappa shape index (κ3) is 4.70. The lowest BCUT2D eigenvalue weighted by atomic mass is 10.3. The molecular weight excluding hydrogens is 232 g/mol. The first-order valence-corrected chi connectivity index (χ1v) is 6.65. The lowest BCUT2D eigenvalue weighted by molar-refractivity contribution is -0.121. The van der Waals surface area contributed by atoms with Crippen LogP contribution in [0, 0.1) is 0 Å². The molecule has 4 nitrogen and oxygen atoms in total. The predicted octanol–water partition coefficient (Wildman–Crippen LogP) is 0.916. The van der Waals surface area contributed by atoms with Crippen molar-refractivity contribution in [1.29, 1.82) is 0 Å². The topological polar surface area (TPSA) is 58.5 Å². The van der Waals surface area contributed by atoms with Crippen molar-refractivity contribution in [3.63, 3.8) is 0 Å². The zero-order valence-electron chi connectivity index (χ0n) is 8.78. The standard InChI is InChI=1S/C9H14N2O2S2/c1-6-11-8(5-15-6)9(13)10-3-4-14-7(2)12/h8H,3-5H2,1-2H3,(H,10,13). The van der Waals surface area contributed by atoms with Crippen LogP contribution in [-0.4, -0.2) is 40.2 Å². The van der Waals surface area contributed by atoms with Crippen LogP contribution in [0.15, 0.2) is 4.99 Å². The Morgan fingerprint density at radius 2 is 2.40 bits per heavy atom. The van der Waals surface area contributed by atoms with Gasteiger partial charge in [-0.2, -0.15) is 0 Å². The number of hydrogen-bond donors (Lipinski definition) is 1. The van der Waals surface area contributed by atoms with E-state index in [4.69, 9.17) is 0 Å². The van der Waals surface area contributed by atoms with Crippen molar-refractivity contribution in [3.8, 4) is 0 Å². The molecule has 1 N–H and O–H groups in total. The number of hydrogen-bond acceptors (Lipinski definition) is 5. The van der Waals surface area contributed by atoms with Gasteiger partial charge in [0.15, 0.2) is 5.12 Å². The average molecular weight is 246 g/mol. The monoisotopic (exact) mass is 246 g/mol. The van der Waals surface area contributed by atoms with Gasteiger partial charge in [-0.1, -0.05) is 11.8 Å². The zero-order valence-corrected chi connectivity index (χ0v) is 10.4. The molecule has 1 unspecified atom stereocenters. The summed E-state index contributed by atoms with van der Waals surface area (Å²) in [5.41, 5.74) is 0. The molecule has 0 fully saturated rings. The molecule has 1 atom stereocenters. The van der Waals surface area contributed by atoms with Crippen LogP contribution in [0.2, 0.25) is 0 Å². The maximum Gasteiger partial charge on any atom is 0.245 e. The van der Waals surface area contributed by atoms with Crippen molar-refractivity contribution < 1.29 is 9.59 Å². The van der Waals surface area contributed by atoms with Gasteiger partial charge in [0.2, 0.25) is 5.91 Å². The Balaban J connectivity index is 2.16. The van der Waals surface area contributed by atoms with Gasteiger partial charge in [0, 0.05) is 25.0 Å². The van der Waals surface area contributed by atoms with E-state index in [9.17, 15) is 9.59 Å². The summed E-state index contributed by atoms with van der Waals surface area (Å²) in [5, 5.41) is 3.81. The van der Waals surface area contributed by atoms with Gasteiger partial charge in [-0.25, -0.2) is 0 Å². The Labute approximate surface area is 97.7 Å². The summed E-state index contributed by atoms with van der Waals surface area (Å²) in [6, 6.07) is -0.239. The molecule has 1 amide bonds. The van der Waals surface area contributed by atoms with Gasteiger partial charge in [-0.05, 0) is 6.92 Å². The number of carbonyl (C=O) groups is 2. The fourth-order valence-electron chi connectivity index (χ4n) is 1.11. The minimum atomic E-state index is -0.239. The van der Waals surface area contributed by atoms with E-state index in [0.717, 1.165) is 10.8 Å². The van der Waals surface area contributed by atoms with Gasteiger partial charge in [0.05, 0.1) is 5.04 Å². The van der Waals surface area contributed by atoms with Crippen molar-refractivity contribution in [1.82, 2.24) is 5.32 Å². The van der Waals surface area contributed by atoms with Crippen LogP contribution in [0.5, 0.6) is 0 Å². The summed E-state index contributed by atoms with van der Waals surface area (Å²) < 4.78 is 0. The fourth-order valence-corrected chi connectivity index (χ4v) is 2.43. The second kappa shape index (κ2) is 6.17. The van der Waals surface area contributed by atoms with Crippen molar-refractivity contribution >= 4 is 39.6 Å². The largest absolute Gasteiger partial charge is 0.353 e. The van der Waals surface area contributed by atoms with Crippen LogP contribution in [-0.2, 0) is 9.59 Å². The van der Waals surface area contributed by atoms with E-state index in [1.54, 1.807) is 11.8 Å². The molecule has 0 aromatic heterocycles. The Morgan fingerprint density at radius 1 is 1.67 bits per heavy atom. The average Bonchev–Trinajstić information content (AvgIpc) is 2.59. The number of aliphatic imine (C=N–C) groups is 1. The number of nitrogens with one attached hydrogen (secondary N) is 1. The van der Waals surface area contributed by atoms with Crippen LogP contribution in [0.25, 0.3) is 0 Å². The molecule has 1 aliphatic heterocycles. The maximum absolute atomic E-state index is 11.5. The lowest BCUT2D eigenvalue weighted by Gasteiger charge is -2.06. The molecule has 0 bridgehead atoms. The van der Waals surface area contributed by atoms with Crippen molar-refractivity contribution in [2.45, 2.75) is 19.9 Å². The molecule has 1 rings (SSSR count). The first-order valence-electron chi connectivity index (χ1n) is 4.68. The lowest BCUT2D eigenvalue weighted by Crippen LogP contribution is -2.35. The van der Waals surface area contributed by atoms with Gasteiger partial charge in [0.25, 0.3) is 0 Å². The number of rotatable bonds is 4. The summed E-state index contributed by atoms with van der Waals surface area (Å²) in [5.74, 6) is 1.32. The predicted molar refractivity (Wildman–Crippen MR) is 65.5 cm³/mol. The van der Waals surface area contributed by atoms with Crippen LogP contribution >= 0.6 is 23.5 Å². The first-order chi connectivity index (χ1) is 7.09. The quantitative estimate of drug-likeness (QED) is 0.749. The number of nitrogens with zero attached hydrogens (tertiary/aromatic N) is 1. The Morgan fingerprint density at radius 3 is 2.93 bits per heavy atom. The van der Waals surface area contributed by atoms with Crippen molar-refractivity contribution in [2.75, 3.05) is 18.1 Å².